The van der Waals surface area contributed by atoms with Gasteiger partial charge >= 0.3 is 5.97 Å². The summed E-state index contributed by atoms with van der Waals surface area (Å²) in [6.07, 6.45) is 6.22. The molecule has 0 fully saturated rings. The van der Waals surface area contributed by atoms with Gasteiger partial charge in [-0.15, -0.1) is 0 Å². The number of methoxy groups -OCH3 is 1. The van der Waals surface area contributed by atoms with Gasteiger partial charge in [-0.25, -0.2) is 4.79 Å². The van der Waals surface area contributed by atoms with E-state index in [2.05, 4.69) is 43.4 Å². The minimum atomic E-state index is -0.641. The highest BCUT2D eigenvalue weighted by atomic mass is 16.5. The van der Waals surface area contributed by atoms with Crippen LogP contribution < -0.4 is 10.1 Å². The summed E-state index contributed by atoms with van der Waals surface area (Å²) in [6.45, 7) is 9.20. The first-order valence-electron chi connectivity index (χ1n) is 13.4. The summed E-state index contributed by atoms with van der Waals surface area (Å²) < 4.78 is 16.7. The van der Waals surface area contributed by atoms with Gasteiger partial charge in [0.15, 0.2) is 0 Å². The molecule has 37 heavy (non-hydrogen) atoms. The molecule has 0 amide bonds. The van der Waals surface area contributed by atoms with Gasteiger partial charge in [-0.05, 0) is 81.2 Å². The first-order chi connectivity index (χ1) is 17.8. The second kappa shape index (κ2) is 13.8. The number of β-amino-alcohol motifs (C(OH)–C–C–N with tert-alkyl or cyclic N) is 1. The van der Waals surface area contributed by atoms with Crippen molar-refractivity contribution in [3.8, 4) is 5.75 Å². The molecule has 0 heterocycles. The fourth-order valence-electron chi connectivity index (χ4n) is 5.24. The van der Waals surface area contributed by atoms with E-state index in [-0.39, 0.29) is 18.2 Å². The molecule has 6 nitrogen and oxygen atoms in total. The van der Waals surface area contributed by atoms with Crippen LogP contribution in [0.1, 0.15) is 68.9 Å². The van der Waals surface area contributed by atoms with E-state index in [4.69, 9.17) is 14.2 Å². The zero-order valence-corrected chi connectivity index (χ0v) is 23.0. The van der Waals surface area contributed by atoms with Crippen LogP contribution in [0.5, 0.6) is 5.75 Å². The molecule has 0 saturated carbocycles. The number of aliphatic hydroxyl groups excluding tert-OH is 1. The molecule has 3 rings (SSSR count). The van der Waals surface area contributed by atoms with E-state index >= 15 is 0 Å². The molecule has 2 aromatic carbocycles. The van der Waals surface area contributed by atoms with Gasteiger partial charge in [0.05, 0.1) is 32.5 Å². The van der Waals surface area contributed by atoms with Crippen molar-refractivity contribution in [1.82, 2.24) is 5.32 Å². The van der Waals surface area contributed by atoms with E-state index < -0.39 is 12.1 Å². The Labute approximate surface area is 222 Å². The average molecular weight is 510 g/mol. The number of aliphatic hydroxyl groups is 1. The van der Waals surface area contributed by atoms with Crippen molar-refractivity contribution in [2.75, 3.05) is 26.9 Å². The molecule has 0 saturated heterocycles. The van der Waals surface area contributed by atoms with E-state index in [1.807, 2.05) is 25.1 Å². The lowest BCUT2D eigenvalue weighted by atomic mass is 9.88. The number of hydrogen-bond acceptors (Lipinski definition) is 6. The molecule has 0 aliphatic heterocycles. The van der Waals surface area contributed by atoms with Crippen LogP contribution in [-0.2, 0) is 27.1 Å². The molecule has 0 bridgehead atoms. The van der Waals surface area contributed by atoms with Crippen LogP contribution in [0.4, 0.5) is 0 Å². The smallest absolute Gasteiger partial charge is 0.330 e. The van der Waals surface area contributed by atoms with Gasteiger partial charge < -0.3 is 24.6 Å². The van der Waals surface area contributed by atoms with Crippen molar-refractivity contribution in [2.45, 2.75) is 71.1 Å². The molecular weight excluding hydrogens is 466 g/mol. The second-order valence-electron chi connectivity index (χ2n) is 10.4. The third kappa shape index (κ3) is 8.42. The van der Waals surface area contributed by atoms with Gasteiger partial charge in [0.2, 0.25) is 0 Å². The molecule has 6 heteroatoms. The van der Waals surface area contributed by atoms with Crippen molar-refractivity contribution in [3.63, 3.8) is 0 Å². The monoisotopic (exact) mass is 509 g/mol. The van der Waals surface area contributed by atoms with Gasteiger partial charge in [-0.3, -0.25) is 0 Å². The topological polar surface area (TPSA) is 77.0 Å². The van der Waals surface area contributed by atoms with Gasteiger partial charge in [0.25, 0.3) is 0 Å². The lowest BCUT2D eigenvalue weighted by Crippen LogP contribution is -2.45. The summed E-state index contributed by atoms with van der Waals surface area (Å²) >= 11 is 0. The average Bonchev–Trinajstić information content (AvgIpc) is 3.28. The lowest BCUT2D eigenvalue weighted by Gasteiger charge is -2.31. The van der Waals surface area contributed by atoms with Crippen molar-refractivity contribution in [2.24, 2.45) is 5.92 Å². The number of rotatable bonds is 14. The highest BCUT2D eigenvalue weighted by Gasteiger charge is 2.28. The van der Waals surface area contributed by atoms with Crippen LogP contribution in [0.25, 0.3) is 6.08 Å². The maximum absolute atomic E-state index is 11.9. The summed E-state index contributed by atoms with van der Waals surface area (Å²) in [5, 5.41) is 14.3. The van der Waals surface area contributed by atoms with E-state index in [1.165, 1.54) is 17.2 Å². The highest BCUT2D eigenvalue weighted by Crippen LogP contribution is 2.33. The zero-order chi connectivity index (χ0) is 26.8. The van der Waals surface area contributed by atoms with E-state index in [1.54, 1.807) is 20.1 Å². The van der Waals surface area contributed by atoms with Crippen LogP contribution in [-0.4, -0.2) is 49.6 Å². The maximum Gasteiger partial charge on any atom is 0.330 e. The number of ether oxygens (including phenoxy) is 3. The van der Waals surface area contributed by atoms with E-state index in [0.29, 0.717) is 31.2 Å². The second-order valence-corrected chi connectivity index (χ2v) is 10.4. The standard InChI is InChI=1S/C31H43NO5/c1-6-28(26-13-10-14-29(35-5)27(26)15-16-30(34)36-7-2)37-21-25(33)20-32-31(3,4)19-22-17-23-11-8-9-12-24(23)18-22/h8-16,22,25,28,32-33H,6-7,17-21H2,1-5H3/b16-15+/t25-,28-/m1/s1. The van der Waals surface area contributed by atoms with Gasteiger partial charge in [-0.2, -0.15) is 0 Å². The normalized spacial score (nSPS) is 15.5. The van der Waals surface area contributed by atoms with Gasteiger partial charge in [0.1, 0.15) is 5.75 Å². The molecule has 202 valence electrons. The largest absolute Gasteiger partial charge is 0.496 e. The first kappa shape index (κ1) is 28.9. The summed E-state index contributed by atoms with van der Waals surface area (Å²) in [5.74, 6) is 0.865. The number of carbonyl (C=O) groups excluding carboxylic acids is 1. The Balaban J connectivity index is 1.55. The molecule has 0 unspecified atom stereocenters. The molecule has 0 spiro atoms. The quantitative estimate of drug-likeness (QED) is 0.267. The highest BCUT2D eigenvalue weighted by molar-refractivity contribution is 5.88. The fraction of sp³-hybridized carbons (Fsp3) is 0.516. The molecule has 2 aromatic rings. The van der Waals surface area contributed by atoms with Gasteiger partial charge in [0, 0.05) is 23.7 Å². The predicted octanol–water partition coefficient (Wildman–Crippen LogP) is 5.27. The van der Waals surface area contributed by atoms with Crippen molar-refractivity contribution in [1.29, 1.82) is 0 Å². The van der Waals surface area contributed by atoms with Crippen molar-refractivity contribution < 1.29 is 24.1 Å². The lowest BCUT2D eigenvalue weighted by molar-refractivity contribution is -0.137. The number of nitrogens with one attached hydrogen (secondary N) is 1. The van der Waals surface area contributed by atoms with Crippen molar-refractivity contribution in [3.05, 3.63) is 70.8 Å². The number of benzene rings is 2. The Morgan fingerprint density at radius 1 is 1.14 bits per heavy atom. The van der Waals surface area contributed by atoms with Crippen molar-refractivity contribution >= 4 is 12.0 Å². The summed E-state index contributed by atoms with van der Waals surface area (Å²) in [7, 11) is 1.60. The summed E-state index contributed by atoms with van der Waals surface area (Å²) in [5.41, 5.74) is 4.53. The van der Waals surface area contributed by atoms with Crippen LogP contribution in [0, 0.1) is 5.92 Å². The van der Waals surface area contributed by atoms with E-state index in [0.717, 1.165) is 30.4 Å². The minimum Gasteiger partial charge on any atom is -0.496 e. The molecule has 0 radical (unpaired) electrons. The molecule has 2 N–H and O–H groups in total. The molecule has 0 aromatic heterocycles. The Hall–Kier alpha value is -2.67. The third-order valence-corrected chi connectivity index (χ3v) is 6.95. The van der Waals surface area contributed by atoms with Crippen LogP contribution >= 0.6 is 0 Å². The SMILES string of the molecule is CCOC(=O)/C=C/c1c(OC)cccc1[C@@H](CC)OC[C@H](O)CNC(C)(C)CC1Cc2ccccc2C1. The molecule has 1 aliphatic rings. The Morgan fingerprint density at radius 3 is 2.46 bits per heavy atom. The maximum atomic E-state index is 11.9. The number of fused-ring (bicyclic) bond motifs is 1. The first-order valence-corrected chi connectivity index (χ1v) is 13.4. The van der Waals surface area contributed by atoms with Gasteiger partial charge in [-0.1, -0.05) is 43.3 Å². The predicted molar refractivity (Wildman–Crippen MR) is 148 cm³/mol. The van der Waals surface area contributed by atoms with Crippen LogP contribution in [0.2, 0.25) is 0 Å². The Bertz CT molecular complexity index is 1020. The molecular formula is C31H43NO5. The summed E-state index contributed by atoms with van der Waals surface area (Å²) in [4.78, 5) is 11.9. The van der Waals surface area contributed by atoms with Crippen LogP contribution in [0.15, 0.2) is 48.5 Å². The third-order valence-electron chi connectivity index (χ3n) is 6.95. The fourth-order valence-corrected chi connectivity index (χ4v) is 5.24. The van der Waals surface area contributed by atoms with E-state index in [9.17, 15) is 9.90 Å². The zero-order valence-electron chi connectivity index (χ0n) is 23.0. The minimum absolute atomic E-state index is 0.0876. The number of esters is 1. The Morgan fingerprint density at radius 2 is 1.84 bits per heavy atom. The Kier molecular flexibility index (Phi) is 10.7. The summed E-state index contributed by atoms with van der Waals surface area (Å²) in [6, 6.07) is 14.4. The number of hydrogen-bond donors (Lipinski definition) is 2. The van der Waals surface area contributed by atoms with Crippen LogP contribution in [0.3, 0.4) is 0 Å². The molecule has 2 atom stereocenters. The molecule has 1 aliphatic carbocycles. The number of carbonyl (C=O) groups is 1.